The SMILES string of the molecule is CCn1cc(CCC(CC(=O)OCc2ccccc2)c2ccc(Cl)c(CN3Cc4cccnc4OC(C)(C)C3)c2)nn1. The minimum Gasteiger partial charge on any atom is -0.470 e. The molecule has 2 aromatic heterocycles. The Morgan fingerprint density at radius 3 is 2.76 bits per heavy atom. The minimum atomic E-state index is -0.412. The summed E-state index contributed by atoms with van der Waals surface area (Å²) in [4.78, 5) is 19.8. The van der Waals surface area contributed by atoms with Gasteiger partial charge in [0.2, 0.25) is 5.88 Å². The fourth-order valence-electron chi connectivity index (χ4n) is 5.40. The van der Waals surface area contributed by atoms with E-state index in [1.54, 1.807) is 6.20 Å². The van der Waals surface area contributed by atoms with Gasteiger partial charge in [-0.15, -0.1) is 5.10 Å². The number of carbonyl (C=O) groups excluding carboxylic acids is 1. The predicted molar refractivity (Wildman–Crippen MR) is 162 cm³/mol. The fourth-order valence-corrected chi connectivity index (χ4v) is 5.58. The molecule has 1 atom stereocenters. The lowest BCUT2D eigenvalue weighted by atomic mass is 9.89. The normalized spacial score (nSPS) is 15.3. The van der Waals surface area contributed by atoms with Crippen LogP contribution in [-0.2, 0) is 42.2 Å². The van der Waals surface area contributed by atoms with E-state index in [9.17, 15) is 4.79 Å². The Morgan fingerprint density at radius 1 is 1.14 bits per heavy atom. The predicted octanol–water partition coefficient (Wildman–Crippen LogP) is 6.37. The van der Waals surface area contributed by atoms with Crippen LogP contribution in [0.4, 0.5) is 0 Å². The summed E-state index contributed by atoms with van der Waals surface area (Å²) < 4.78 is 13.7. The molecule has 1 aliphatic rings. The van der Waals surface area contributed by atoms with E-state index in [1.807, 2.05) is 66.3 Å². The molecule has 0 spiro atoms. The Bertz CT molecular complexity index is 1490. The molecule has 0 radical (unpaired) electrons. The highest BCUT2D eigenvalue weighted by molar-refractivity contribution is 6.31. The lowest BCUT2D eigenvalue weighted by Crippen LogP contribution is -2.40. The smallest absolute Gasteiger partial charge is 0.306 e. The average Bonchev–Trinajstić information content (AvgIpc) is 3.39. The summed E-state index contributed by atoms with van der Waals surface area (Å²) in [5.41, 5.74) is 4.58. The second kappa shape index (κ2) is 13.5. The van der Waals surface area contributed by atoms with E-state index in [2.05, 4.69) is 46.2 Å². The monoisotopic (exact) mass is 587 g/mol. The lowest BCUT2D eigenvalue weighted by molar-refractivity contribution is -0.145. The molecule has 3 heterocycles. The highest BCUT2D eigenvalue weighted by atomic mass is 35.5. The van der Waals surface area contributed by atoms with Gasteiger partial charge in [0.25, 0.3) is 0 Å². The van der Waals surface area contributed by atoms with Crippen LogP contribution in [0.5, 0.6) is 5.88 Å². The zero-order valence-corrected chi connectivity index (χ0v) is 25.3. The number of pyridine rings is 1. The molecule has 0 saturated heterocycles. The largest absolute Gasteiger partial charge is 0.470 e. The molecule has 8 nitrogen and oxygen atoms in total. The van der Waals surface area contributed by atoms with E-state index in [4.69, 9.17) is 21.1 Å². The van der Waals surface area contributed by atoms with Crippen molar-refractivity contribution in [3.05, 3.63) is 106 Å². The standard InChI is InChI=1S/C33H38ClN5O3/c1-4-39-21-29(36-37-39)14-12-26(18-31(40)41-22-24-9-6-5-7-10-24)25-13-15-30(34)28(17-25)20-38-19-27-11-8-16-35-32(27)42-33(2,3)23-38/h5-11,13,15-17,21,26H,4,12,14,18-20,22-23H2,1-3H3. The molecule has 9 heteroatoms. The first-order chi connectivity index (χ1) is 20.3. The maximum atomic E-state index is 13.0. The van der Waals surface area contributed by atoms with Crippen molar-refractivity contribution in [1.29, 1.82) is 0 Å². The third-order valence-electron chi connectivity index (χ3n) is 7.47. The summed E-state index contributed by atoms with van der Waals surface area (Å²) in [7, 11) is 0. The molecule has 1 unspecified atom stereocenters. The lowest BCUT2D eigenvalue weighted by Gasteiger charge is -2.29. The molecule has 5 rings (SSSR count). The van der Waals surface area contributed by atoms with Crippen LogP contribution in [0.15, 0.2) is 73.1 Å². The Hall–Kier alpha value is -3.75. The first kappa shape index (κ1) is 29.7. The van der Waals surface area contributed by atoms with E-state index in [0.717, 1.165) is 40.9 Å². The topological polar surface area (TPSA) is 82.4 Å². The van der Waals surface area contributed by atoms with Crippen LogP contribution in [0, 0.1) is 0 Å². The molecule has 1 aliphatic heterocycles. The van der Waals surface area contributed by atoms with Gasteiger partial charge in [-0.05, 0) is 68.4 Å². The summed E-state index contributed by atoms with van der Waals surface area (Å²) in [6.45, 7) is 9.27. The summed E-state index contributed by atoms with van der Waals surface area (Å²) in [5, 5.41) is 9.18. The molecular formula is C33H38ClN5O3. The highest BCUT2D eigenvalue weighted by Crippen LogP contribution is 2.32. The van der Waals surface area contributed by atoms with Gasteiger partial charge in [-0.25, -0.2) is 4.98 Å². The van der Waals surface area contributed by atoms with Gasteiger partial charge in [0.15, 0.2) is 0 Å². The number of carbonyl (C=O) groups is 1. The van der Waals surface area contributed by atoms with Gasteiger partial charge in [0.05, 0.1) is 12.1 Å². The van der Waals surface area contributed by atoms with Crippen LogP contribution in [-0.4, -0.2) is 43.0 Å². The van der Waals surface area contributed by atoms with Crippen LogP contribution in [0.25, 0.3) is 0 Å². The molecule has 0 aliphatic carbocycles. The number of esters is 1. The average molecular weight is 588 g/mol. The summed E-state index contributed by atoms with van der Waals surface area (Å²) >= 11 is 6.76. The van der Waals surface area contributed by atoms with Crippen molar-refractivity contribution in [3.63, 3.8) is 0 Å². The first-order valence-electron chi connectivity index (χ1n) is 14.5. The van der Waals surface area contributed by atoms with Gasteiger partial charge in [0.1, 0.15) is 12.2 Å². The van der Waals surface area contributed by atoms with Crippen molar-refractivity contribution in [2.24, 2.45) is 0 Å². The summed E-state index contributed by atoms with van der Waals surface area (Å²) in [5.74, 6) is 0.386. The summed E-state index contributed by atoms with van der Waals surface area (Å²) in [6, 6.07) is 19.8. The molecule has 0 saturated carbocycles. The van der Waals surface area contributed by atoms with Crippen molar-refractivity contribution < 1.29 is 14.3 Å². The third-order valence-corrected chi connectivity index (χ3v) is 7.84. The Morgan fingerprint density at radius 2 is 1.98 bits per heavy atom. The van der Waals surface area contributed by atoms with Crippen molar-refractivity contribution in [2.45, 2.75) is 77.8 Å². The van der Waals surface area contributed by atoms with Gasteiger partial charge in [-0.1, -0.05) is 65.3 Å². The number of ether oxygens (including phenoxy) is 2. The number of aromatic nitrogens is 4. The van der Waals surface area contributed by atoms with Crippen LogP contribution >= 0.6 is 11.6 Å². The van der Waals surface area contributed by atoms with E-state index in [1.165, 1.54) is 0 Å². The van der Waals surface area contributed by atoms with Gasteiger partial charge in [-0.3, -0.25) is 14.4 Å². The molecule has 220 valence electrons. The zero-order chi connectivity index (χ0) is 29.5. The molecule has 0 bridgehead atoms. The third kappa shape index (κ3) is 7.95. The Kier molecular flexibility index (Phi) is 9.55. The second-order valence-electron chi connectivity index (χ2n) is 11.5. The van der Waals surface area contributed by atoms with Gasteiger partial charge >= 0.3 is 5.97 Å². The summed E-state index contributed by atoms with van der Waals surface area (Å²) in [6.07, 6.45) is 5.43. The molecule has 0 fully saturated rings. The number of aryl methyl sites for hydroxylation is 2. The van der Waals surface area contributed by atoms with Crippen molar-refractivity contribution in [3.8, 4) is 5.88 Å². The van der Waals surface area contributed by atoms with Crippen molar-refractivity contribution >= 4 is 17.6 Å². The number of benzene rings is 2. The Labute approximate surface area is 252 Å². The zero-order valence-electron chi connectivity index (χ0n) is 24.5. The van der Waals surface area contributed by atoms with E-state index in [-0.39, 0.29) is 24.9 Å². The van der Waals surface area contributed by atoms with E-state index < -0.39 is 5.60 Å². The number of hydrogen-bond donors (Lipinski definition) is 0. The number of rotatable bonds is 11. The van der Waals surface area contributed by atoms with Gasteiger partial charge in [0, 0.05) is 49.2 Å². The molecular weight excluding hydrogens is 550 g/mol. The van der Waals surface area contributed by atoms with E-state index in [0.29, 0.717) is 37.0 Å². The second-order valence-corrected chi connectivity index (χ2v) is 11.9. The fraction of sp³-hybridized carbons (Fsp3) is 0.394. The number of nitrogens with zero attached hydrogens (tertiary/aromatic N) is 5. The molecule has 0 amide bonds. The molecule has 0 N–H and O–H groups in total. The van der Waals surface area contributed by atoms with Crippen LogP contribution in [0.3, 0.4) is 0 Å². The highest BCUT2D eigenvalue weighted by Gasteiger charge is 2.30. The molecule has 42 heavy (non-hydrogen) atoms. The minimum absolute atomic E-state index is 0.0649. The van der Waals surface area contributed by atoms with Crippen molar-refractivity contribution in [1.82, 2.24) is 24.9 Å². The number of fused-ring (bicyclic) bond motifs is 1. The number of halogens is 1. The Balaban J connectivity index is 1.34. The van der Waals surface area contributed by atoms with Crippen LogP contribution in [0.1, 0.15) is 67.5 Å². The van der Waals surface area contributed by atoms with E-state index >= 15 is 0 Å². The van der Waals surface area contributed by atoms with Crippen LogP contribution < -0.4 is 4.74 Å². The van der Waals surface area contributed by atoms with Crippen molar-refractivity contribution in [2.75, 3.05) is 6.54 Å². The van der Waals surface area contributed by atoms with Gasteiger partial charge < -0.3 is 9.47 Å². The first-order valence-corrected chi connectivity index (χ1v) is 14.9. The maximum absolute atomic E-state index is 13.0. The molecule has 2 aromatic carbocycles. The molecule has 4 aromatic rings. The van der Waals surface area contributed by atoms with Crippen LogP contribution in [0.2, 0.25) is 5.02 Å². The van der Waals surface area contributed by atoms with Gasteiger partial charge in [-0.2, -0.15) is 0 Å². The maximum Gasteiger partial charge on any atom is 0.306 e. The number of hydrogen-bond acceptors (Lipinski definition) is 7. The quantitative estimate of drug-likeness (QED) is 0.189.